The number of amides is 1. The van der Waals surface area contributed by atoms with E-state index in [0.29, 0.717) is 11.0 Å². The SMILES string of the molecule is CCCS(=O)(=O)C(CC)S(=O)(=O)Nc1cc(F)c(F)c(C(=O)Nc2cnc3[nH]ccc3c2)c1F. The lowest BCUT2D eigenvalue weighted by Gasteiger charge is -2.19. The third-order valence-corrected chi connectivity index (χ3v) is 10.1. The van der Waals surface area contributed by atoms with Crippen LogP contribution in [0.1, 0.15) is 37.0 Å². The predicted octanol–water partition coefficient (Wildman–Crippen LogP) is 3.54. The molecule has 1 atom stereocenters. The van der Waals surface area contributed by atoms with Crippen LogP contribution in [-0.4, -0.2) is 43.0 Å². The first-order valence-corrected chi connectivity index (χ1v) is 13.3. The Morgan fingerprint density at radius 1 is 1.12 bits per heavy atom. The molecule has 0 fully saturated rings. The molecule has 2 heterocycles. The Labute approximate surface area is 193 Å². The highest BCUT2D eigenvalue weighted by Gasteiger charge is 2.37. The first-order valence-electron chi connectivity index (χ1n) is 10.1. The van der Waals surface area contributed by atoms with Crippen LogP contribution in [0, 0.1) is 17.5 Å². The second-order valence-electron chi connectivity index (χ2n) is 7.35. The lowest BCUT2D eigenvalue weighted by Crippen LogP contribution is -2.36. The van der Waals surface area contributed by atoms with E-state index < -0.39 is 64.8 Å². The van der Waals surface area contributed by atoms with Gasteiger partial charge in [-0.15, -0.1) is 0 Å². The summed E-state index contributed by atoms with van der Waals surface area (Å²) in [4.78, 5) is 19.4. The van der Waals surface area contributed by atoms with Crippen molar-refractivity contribution >= 4 is 48.2 Å². The van der Waals surface area contributed by atoms with Crippen LogP contribution in [0.3, 0.4) is 0 Å². The Kier molecular flexibility index (Phi) is 7.21. The second-order valence-corrected chi connectivity index (χ2v) is 11.8. The van der Waals surface area contributed by atoms with E-state index in [2.05, 4.69) is 15.3 Å². The van der Waals surface area contributed by atoms with Crippen LogP contribution < -0.4 is 10.0 Å². The number of nitrogens with zero attached hydrogens (tertiary/aromatic N) is 1. The van der Waals surface area contributed by atoms with Crippen molar-refractivity contribution in [1.82, 2.24) is 9.97 Å². The Bertz CT molecular complexity index is 1460. The monoisotopic (exact) mass is 518 g/mol. The van der Waals surface area contributed by atoms with Gasteiger partial charge in [0, 0.05) is 17.6 Å². The lowest BCUT2D eigenvalue weighted by molar-refractivity contribution is 0.101. The number of nitrogens with one attached hydrogen (secondary N) is 3. The molecule has 1 amide bonds. The molecule has 9 nitrogen and oxygen atoms in total. The van der Waals surface area contributed by atoms with Gasteiger partial charge in [0.1, 0.15) is 11.2 Å². The molecule has 184 valence electrons. The second kappa shape index (κ2) is 9.62. The van der Waals surface area contributed by atoms with Gasteiger partial charge < -0.3 is 10.3 Å². The molecule has 0 saturated carbocycles. The van der Waals surface area contributed by atoms with Crippen LogP contribution in [0.2, 0.25) is 0 Å². The molecular formula is C20H21F3N4O5S2. The number of hydrogen-bond acceptors (Lipinski definition) is 6. The van der Waals surface area contributed by atoms with Crippen LogP contribution in [0.5, 0.6) is 0 Å². The minimum absolute atomic E-state index is 0.0407. The number of rotatable bonds is 9. The molecule has 3 N–H and O–H groups in total. The van der Waals surface area contributed by atoms with Crippen LogP contribution >= 0.6 is 0 Å². The average Bonchev–Trinajstić information content (AvgIpc) is 3.19. The third-order valence-electron chi connectivity index (χ3n) is 4.86. The van der Waals surface area contributed by atoms with Gasteiger partial charge in [-0.25, -0.2) is 35.0 Å². The van der Waals surface area contributed by atoms with Crippen molar-refractivity contribution in [2.24, 2.45) is 0 Å². The summed E-state index contributed by atoms with van der Waals surface area (Å²) >= 11 is 0. The van der Waals surface area contributed by atoms with Crippen molar-refractivity contribution in [2.75, 3.05) is 15.8 Å². The van der Waals surface area contributed by atoms with Crippen LogP contribution in [0.25, 0.3) is 11.0 Å². The summed E-state index contributed by atoms with van der Waals surface area (Å²) in [7, 11) is -8.93. The largest absolute Gasteiger partial charge is 0.346 e. The van der Waals surface area contributed by atoms with Crippen molar-refractivity contribution in [1.29, 1.82) is 0 Å². The molecule has 3 aromatic rings. The van der Waals surface area contributed by atoms with Crippen molar-refractivity contribution in [2.45, 2.75) is 31.3 Å². The quantitative estimate of drug-likeness (QED) is 0.371. The van der Waals surface area contributed by atoms with Crippen LogP contribution in [-0.2, 0) is 19.9 Å². The molecule has 0 aliphatic heterocycles. The lowest BCUT2D eigenvalue weighted by atomic mass is 10.1. The fourth-order valence-corrected chi connectivity index (χ4v) is 7.72. The number of aromatic amines is 1. The zero-order chi connectivity index (χ0) is 25.3. The molecule has 0 radical (unpaired) electrons. The first kappa shape index (κ1) is 25.5. The Balaban J connectivity index is 1.98. The number of pyridine rings is 1. The van der Waals surface area contributed by atoms with Crippen molar-refractivity contribution in [3.05, 3.63) is 53.6 Å². The molecule has 1 unspecified atom stereocenters. The fourth-order valence-electron chi connectivity index (χ4n) is 3.38. The number of fused-ring (bicyclic) bond motifs is 1. The van der Waals surface area contributed by atoms with E-state index in [4.69, 9.17) is 0 Å². The van der Waals surface area contributed by atoms with E-state index >= 15 is 4.39 Å². The molecule has 3 rings (SSSR count). The molecular weight excluding hydrogens is 497 g/mol. The maximum Gasteiger partial charge on any atom is 0.261 e. The zero-order valence-electron chi connectivity index (χ0n) is 18.0. The van der Waals surface area contributed by atoms with Crippen molar-refractivity contribution in [3.63, 3.8) is 0 Å². The smallest absolute Gasteiger partial charge is 0.261 e. The van der Waals surface area contributed by atoms with Crippen molar-refractivity contribution in [3.8, 4) is 0 Å². The highest BCUT2D eigenvalue weighted by Crippen LogP contribution is 2.28. The highest BCUT2D eigenvalue weighted by atomic mass is 32.3. The number of benzene rings is 1. The number of H-pyrrole nitrogens is 1. The number of carbonyl (C=O) groups excluding carboxylic acids is 1. The molecule has 2 aromatic heterocycles. The van der Waals surface area contributed by atoms with Gasteiger partial charge in [0.25, 0.3) is 5.91 Å². The molecule has 1 aromatic carbocycles. The highest BCUT2D eigenvalue weighted by molar-refractivity contribution is 8.09. The summed E-state index contributed by atoms with van der Waals surface area (Å²) in [6, 6.07) is 3.27. The number of hydrogen-bond donors (Lipinski definition) is 3. The van der Waals surface area contributed by atoms with Gasteiger partial charge in [-0.05, 0) is 25.0 Å². The molecule has 0 bridgehead atoms. The Morgan fingerprint density at radius 3 is 2.47 bits per heavy atom. The van der Waals surface area contributed by atoms with E-state index in [1.807, 2.05) is 0 Å². The zero-order valence-corrected chi connectivity index (χ0v) is 19.7. The van der Waals surface area contributed by atoms with E-state index in [1.54, 1.807) is 17.0 Å². The molecule has 0 spiro atoms. The van der Waals surface area contributed by atoms with Gasteiger partial charge >= 0.3 is 0 Å². The third kappa shape index (κ3) is 5.01. The Morgan fingerprint density at radius 2 is 1.82 bits per heavy atom. The molecule has 0 saturated heterocycles. The summed E-state index contributed by atoms with van der Waals surface area (Å²) in [6.45, 7) is 2.83. The minimum Gasteiger partial charge on any atom is -0.346 e. The number of carbonyl (C=O) groups is 1. The number of anilines is 2. The van der Waals surface area contributed by atoms with E-state index in [0.717, 1.165) is 0 Å². The van der Waals surface area contributed by atoms with Crippen molar-refractivity contribution < 1.29 is 34.8 Å². The summed E-state index contributed by atoms with van der Waals surface area (Å²) in [5, 5.41) is 2.75. The molecule has 0 aliphatic carbocycles. The number of halogens is 3. The van der Waals surface area contributed by atoms with Gasteiger partial charge in [0.05, 0.1) is 23.3 Å². The molecule has 14 heteroatoms. The summed E-state index contributed by atoms with van der Waals surface area (Å²) in [5.74, 6) is -7.12. The van der Waals surface area contributed by atoms with Gasteiger partial charge in [-0.1, -0.05) is 13.8 Å². The topological polar surface area (TPSA) is 138 Å². The number of sulfone groups is 1. The van der Waals surface area contributed by atoms with E-state index in [9.17, 15) is 30.4 Å². The van der Waals surface area contributed by atoms with Gasteiger partial charge in [-0.2, -0.15) is 0 Å². The minimum atomic E-state index is -4.79. The fraction of sp³-hybridized carbons (Fsp3) is 0.300. The molecule has 34 heavy (non-hydrogen) atoms. The Hall–Kier alpha value is -3.13. The maximum atomic E-state index is 15.0. The average molecular weight is 519 g/mol. The van der Waals surface area contributed by atoms with Crippen LogP contribution in [0.4, 0.5) is 24.5 Å². The van der Waals surface area contributed by atoms with Gasteiger partial charge in [0.15, 0.2) is 31.9 Å². The predicted molar refractivity (Wildman–Crippen MR) is 121 cm³/mol. The first-order chi connectivity index (χ1) is 15.9. The number of aromatic nitrogens is 2. The summed E-state index contributed by atoms with van der Waals surface area (Å²) in [5.41, 5.74) is -1.97. The standard InChI is InChI=1S/C20H21F3N4O5S2/c1-3-7-33(29,30)15(4-2)34(31,32)27-14-9-13(21)17(22)16(18(14)23)20(28)26-12-8-11-5-6-24-19(11)25-10-12/h5-6,8-10,15,27H,3-4,7H2,1-2H3,(H,24,25)(H,26,28). The number of sulfonamides is 1. The van der Waals surface area contributed by atoms with E-state index in [1.165, 1.54) is 26.1 Å². The maximum absolute atomic E-state index is 15.0. The van der Waals surface area contributed by atoms with Gasteiger partial charge in [-0.3, -0.25) is 9.52 Å². The summed E-state index contributed by atoms with van der Waals surface area (Å²) < 4.78 is 93.4. The van der Waals surface area contributed by atoms with E-state index in [-0.39, 0.29) is 24.6 Å². The molecule has 0 aliphatic rings. The normalized spacial score (nSPS) is 13.1. The van der Waals surface area contributed by atoms with Gasteiger partial charge in [0.2, 0.25) is 10.0 Å². The summed E-state index contributed by atoms with van der Waals surface area (Å²) in [6.07, 6.45) is 2.55. The van der Waals surface area contributed by atoms with Crippen LogP contribution in [0.15, 0.2) is 30.6 Å².